The summed E-state index contributed by atoms with van der Waals surface area (Å²) in [5.41, 5.74) is 1.22. The zero-order valence-electron chi connectivity index (χ0n) is 8.45. The number of halogens is 4. The summed E-state index contributed by atoms with van der Waals surface area (Å²) >= 11 is 1.82. The van der Waals surface area contributed by atoms with E-state index in [0.29, 0.717) is 9.39 Å². The smallest absolute Gasteiger partial charge is 0.229 e. The van der Waals surface area contributed by atoms with Gasteiger partial charge in [-0.3, -0.25) is 0 Å². The Labute approximate surface area is 109 Å². The van der Waals surface area contributed by atoms with Gasteiger partial charge in [0.05, 0.1) is 0 Å². The topological polar surface area (TPSA) is 30.7 Å². The molecule has 0 unspecified atom stereocenters. The molecule has 1 heterocycles. The lowest BCUT2D eigenvalue weighted by molar-refractivity contribution is -0.143. The molecule has 1 aromatic heterocycles. The van der Waals surface area contributed by atoms with Crippen molar-refractivity contribution in [2.75, 3.05) is 0 Å². The molecule has 0 aliphatic heterocycles. The molecule has 1 aromatic carbocycles. The Hall–Kier alpha value is -1.12. The predicted octanol–water partition coefficient (Wildman–Crippen LogP) is 3.11. The van der Waals surface area contributed by atoms with Crippen LogP contribution >= 0.6 is 22.6 Å². The first kappa shape index (κ1) is 12.3. The summed E-state index contributed by atoms with van der Waals surface area (Å²) in [5.74, 6) is 0. The van der Waals surface area contributed by atoms with E-state index in [1.54, 1.807) is 24.3 Å². The number of nitrogens with zero attached hydrogens (tertiary/aromatic N) is 3. The Bertz CT molecular complexity index is 507. The first-order valence-corrected chi connectivity index (χ1v) is 5.76. The van der Waals surface area contributed by atoms with Crippen molar-refractivity contribution >= 4 is 22.6 Å². The summed E-state index contributed by atoms with van der Waals surface area (Å²) in [6.07, 6.45) is -4.29. The molecule has 0 fully saturated rings. The lowest BCUT2D eigenvalue weighted by Crippen LogP contribution is -2.19. The second-order valence-electron chi connectivity index (χ2n) is 3.37. The fourth-order valence-electron chi connectivity index (χ4n) is 1.35. The molecule has 0 radical (unpaired) electrons. The van der Waals surface area contributed by atoms with Gasteiger partial charge in [-0.25, -0.2) is 4.68 Å². The van der Waals surface area contributed by atoms with Gasteiger partial charge in [-0.2, -0.15) is 13.2 Å². The highest BCUT2D eigenvalue weighted by atomic mass is 127. The molecular weight excluding hydrogens is 346 g/mol. The highest BCUT2D eigenvalue weighted by Crippen LogP contribution is 2.25. The van der Waals surface area contributed by atoms with Gasteiger partial charge in [0.25, 0.3) is 0 Å². The number of alkyl halides is 3. The van der Waals surface area contributed by atoms with Crippen molar-refractivity contribution in [2.24, 2.45) is 0 Å². The average Bonchev–Trinajstić information content (AvgIpc) is 2.60. The lowest BCUT2D eigenvalue weighted by Gasteiger charge is -2.06. The molecule has 7 heteroatoms. The molecule has 0 spiro atoms. The van der Waals surface area contributed by atoms with Crippen LogP contribution in [-0.4, -0.2) is 21.2 Å². The van der Waals surface area contributed by atoms with Crippen LogP contribution in [0.2, 0.25) is 0 Å². The van der Waals surface area contributed by atoms with E-state index >= 15 is 0 Å². The molecule has 0 N–H and O–H groups in total. The van der Waals surface area contributed by atoms with Crippen LogP contribution in [0.3, 0.4) is 0 Å². The first-order valence-electron chi connectivity index (χ1n) is 4.68. The van der Waals surface area contributed by atoms with Crippen molar-refractivity contribution in [3.05, 3.63) is 34.0 Å². The first-order chi connectivity index (χ1) is 7.97. The Morgan fingerprint density at radius 2 is 1.82 bits per heavy atom. The summed E-state index contributed by atoms with van der Waals surface area (Å²) in [4.78, 5) is 0. The SMILES string of the molecule is FC(F)(F)Cn1nnc(-c2ccccc2)c1I. The Balaban J connectivity index is 2.34. The normalized spacial score (nSPS) is 11.8. The maximum absolute atomic E-state index is 12.2. The average molecular weight is 353 g/mol. The van der Waals surface area contributed by atoms with Crippen LogP contribution in [0.25, 0.3) is 11.3 Å². The quantitative estimate of drug-likeness (QED) is 0.777. The monoisotopic (exact) mass is 353 g/mol. The molecule has 0 aliphatic carbocycles. The lowest BCUT2D eigenvalue weighted by atomic mass is 10.2. The molecule has 3 nitrogen and oxygen atoms in total. The molecule has 0 amide bonds. The molecule has 0 saturated carbocycles. The minimum absolute atomic E-state index is 0.381. The van der Waals surface area contributed by atoms with Crippen molar-refractivity contribution in [2.45, 2.75) is 12.7 Å². The van der Waals surface area contributed by atoms with E-state index < -0.39 is 12.7 Å². The van der Waals surface area contributed by atoms with Gasteiger partial charge in [-0.15, -0.1) is 5.10 Å². The van der Waals surface area contributed by atoms with Gasteiger partial charge in [-0.1, -0.05) is 35.5 Å². The number of hydrogen-bond donors (Lipinski definition) is 0. The molecule has 0 saturated heterocycles. The van der Waals surface area contributed by atoms with Crippen LogP contribution < -0.4 is 0 Å². The maximum Gasteiger partial charge on any atom is 0.408 e. The highest BCUT2D eigenvalue weighted by molar-refractivity contribution is 14.1. The van der Waals surface area contributed by atoms with E-state index in [2.05, 4.69) is 10.3 Å². The van der Waals surface area contributed by atoms with Crippen LogP contribution in [0.4, 0.5) is 13.2 Å². The Morgan fingerprint density at radius 3 is 2.41 bits per heavy atom. The van der Waals surface area contributed by atoms with Gasteiger partial charge >= 0.3 is 6.18 Å². The maximum atomic E-state index is 12.2. The highest BCUT2D eigenvalue weighted by Gasteiger charge is 2.30. The number of hydrogen-bond acceptors (Lipinski definition) is 2. The fraction of sp³-hybridized carbons (Fsp3) is 0.200. The van der Waals surface area contributed by atoms with Gasteiger partial charge in [0.2, 0.25) is 0 Å². The van der Waals surface area contributed by atoms with E-state index in [9.17, 15) is 13.2 Å². The summed E-state index contributed by atoms with van der Waals surface area (Å²) in [7, 11) is 0. The van der Waals surface area contributed by atoms with Gasteiger partial charge in [-0.05, 0) is 22.6 Å². The van der Waals surface area contributed by atoms with Crippen molar-refractivity contribution in [1.29, 1.82) is 0 Å². The Kier molecular flexibility index (Phi) is 3.36. The second-order valence-corrected chi connectivity index (χ2v) is 4.39. The van der Waals surface area contributed by atoms with E-state index in [1.165, 1.54) is 0 Å². The third-order valence-electron chi connectivity index (χ3n) is 2.05. The van der Waals surface area contributed by atoms with Crippen molar-refractivity contribution in [1.82, 2.24) is 15.0 Å². The minimum Gasteiger partial charge on any atom is -0.229 e. The van der Waals surface area contributed by atoms with Crippen molar-refractivity contribution in [3.63, 3.8) is 0 Å². The van der Waals surface area contributed by atoms with Crippen LogP contribution in [0.1, 0.15) is 0 Å². The summed E-state index contributed by atoms with van der Waals surface area (Å²) in [6.45, 7) is -1.12. The third kappa shape index (κ3) is 2.96. The number of rotatable bonds is 2. The van der Waals surface area contributed by atoms with E-state index in [1.807, 2.05) is 28.7 Å². The molecule has 2 rings (SSSR count). The second kappa shape index (κ2) is 4.63. The predicted molar refractivity (Wildman–Crippen MR) is 64.2 cm³/mol. The zero-order chi connectivity index (χ0) is 12.5. The van der Waals surface area contributed by atoms with Crippen molar-refractivity contribution < 1.29 is 13.2 Å². The summed E-state index contributed by atoms with van der Waals surface area (Å²) < 4.78 is 38.0. The van der Waals surface area contributed by atoms with E-state index in [0.717, 1.165) is 10.2 Å². The largest absolute Gasteiger partial charge is 0.408 e. The van der Waals surface area contributed by atoms with Gasteiger partial charge in [0, 0.05) is 5.56 Å². The molecular formula is C10H7F3IN3. The van der Waals surface area contributed by atoms with Crippen LogP contribution in [0.15, 0.2) is 30.3 Å². The Morgan fingerprint density at radius 1 is 1.18 bits per heavy atom. The fourth-order valence-corrected chi connectivity index (χ4v) is 2.03. The van der Waals surface area contributed by atoms with E-state index in [-0.39, 0.29) is 0 Å². The van der Waals surface area contributed by atoms with Gasteiger partial charge in [0.1, 0.15) is 15.9 Å². The summed E-state index contributed by atoms with van der Waals surface area (Å²) in [6, 6.07) is 8.99. The zero-order valence-corrected chi connectivity index (χ0v) is 10.6. The standard InChI is InChI=1S/C10H7F3IN3/c11-10(12,13)6-17-9(14)8(15-16-17)7-4-2-1-3-5-7/h1-5H,6H2. The van der Waals surface area contributed by atoms with Gasteiger partial charge < -0.3 is 0 Å². The van der Waals surface area contributed by atoms with Gasteiger partial charge in [0.15, 0.2) is 0 Å². The summed E-state index contributed by atoms with van der Waals surface area (Å²) in [5, 5.41) is 7.29. The minimum atomic E-state index is -4.29. The van der Waals surface area contributed by atoms with Crippen LogP contribution in [0.5, 0.6) is 0 Å². The van der Waals surface area contributed by atoms with Crippen LogP contribution in [0, 0.1) is 3.70 Å². The van der Waals surface area contributed by atoms with Crippen LogP contribution in [-0.2, 0) is 6.54 Å². The van der Waals surface area contributed by atoms with E-state index in [4.69, 9.17) is 0 Å². The number of aromatic nitrogens is 3. The number of benzene rings is 1. The third-order valence-corrected chi connectivity index (χ3v) is 3.12. The molecule has 17 heavy (non-hydrogen) atoms. The molecule has 0 bridgehead atoms. The molecule has 2 aromatic rings. The molecule has 0 aliphatic rings. The molecule has 90 valence electrons. The van der Waals surface area contributed by atoms with Crippen molar-refractivity contribution in [3.8, 4) is 11.3 Å². The molecule has 0 atom stereocenters.